The van der Waals surface area contributed by atoms with Gasteiger partial charge in [0.15, 0.2) is 0 Å². The van der Waals surface area contributed by atoms with Gasteiger partial charge in [0.05, 0.1) is 16.1 Å². The van der Waals surface area contributed by atoms with Gasteiger partial charge in [-0.15, -0.1) is 0 Å². The van der Waals surface area contributed by atoms with Crippen molar-refractivity contribution < 1.29 is 19.3 Å². The molecule has 1 heterocycles. The quantitative estimate of drug-likeness (QED) is 0.387. The Hall–Kier alpha value is -3.55. The highest BCUT2D eigenvalue weighted by molar-refractivity contribution is 6.22. The van der Waals surface area contributed by atoms with Crippen LogP contribution in [0, 0.1) is 15.5 Å². The molecule has 1 atom stereocenters. The van der Waals surface area contributed by atoms with Crippen LogP contribution in [-0.4, -0.2) is 39.1 Å². The molecule has 3 amide bonds. The Bertz CT molecular complexity index is 1060. The number of benzene rings is 2. The van der Waals surface area contributed by atoms with E-state index in [1.165, 1.54) is 24.3 Å². The van der Waals surface area contributed by atoms with Crippen LogP contribution in [0.2, 0.25) is 0 Å². The van der Waals surface area contributed by atoms with E-state index in [0.717, 1.165) is 4.90 Å². The van der Waals surface area contributed by atoms with Crippen LogP contribution >= 0.6 is 0 Å². The fourth-order valence-electron chi connectivity index (χ4n) is 4.56. The standard InChI is InChI=1S/C25H29N3O5/c1-24(2,3)15-25(4,5)26-21(29)20(14-16-10-12-17(13-11-16)28(32)33)27-22(30)18-8-6-7-9-19(18)23(27)31/h6-13,20H,14-15H2,1-5H3,(H,26,29)/t20-/m0/s1. The Kier molecular flexibility index (Phi) is 6.40. The number of rotatable bonds is 7. The van der Waals surface area contributed by atoms with Gasteiger partial charge in [-0.2, -0.15) is 0 Å². The second-order valence-corrected chi connectivity index (χ2v) is 10.3. The topological polar surface area (TPSA) is 110 Å². The Labute approximate surface area is 193 Å². The molecule has 33 heavy (non-hydrogen) atoms. The van der Waals surface area contributed by atoms with E-state index in [9.17, 15) is 24.5 Å². The molecule has 0 aliphatic carbocycles. The highest BCUT2D eigenvalue weighted by Gasteiger charge is 2.43. The number of imide groups is 1. The molecule has 0 spiro atoms. The Morgan fingerprint density at radius 3 is 1.94 bits per heavy atom. The number of nitrogens with one attached hydrogen (secondary N) is 1. The highest BCUT2D eigenvalue weighted by Crippen LogP contribution is 2.29. The molecule has 0 saturated heterocycles. The molecular formula is C25H29N3O5. The first-order valence-corrected chi connectivity index (χ1v) is 10.8. The predicted octanol–water partition coefficient (Wildman–Crippen LogP) is 4.13. The number of non-ortho nitro benzene ring substituents is 1. The van der Waals surface area contributed by atoms with Gasteiger partial charge in [-0.1, -0.05) is 45.0 Å². The number of hydrogen-bond acceptors (Lipinski definition) is 5. The van der Waals surface area contributed by atoms with Crippen molar-refractivity contribution in [3.8, 4) is 0 Å². The maximum absolute atomic E-state index is 13.5. The molecule has 8 nitrogen and oxygen atoms in total. The first-order chi connectivity index (χ1) is 15.3. The Morgan fingerprint density at radius 1 is 0.970 bits per heavy atom. The van der Waals surface area contributed by atoms with Crippen LogP contribution in [0.15, 0.2) is 48.5 Å². The van der Waals surface area contributed by atoms with Crippen LogP contribution in [0.4, 0.5) is 5.69 Å². The van der Waals surface area contributed by atoms with E-state index in [1.807, 2.05) is 13.8 Å². The third-order valence-electron chi connectivity index (χ3n) is 5.45. The molecular weight excluding hydrogens is 422 g/mol. The second kappa shape index (κ2) is 8.77. The van der Waals surface area contributed by atoms with E-state index in [-0.39, 0.29) is 28.7 Å². The van der Waals surface area contributed by atoms with Crippen molar-refractivity contribution in [3.63, 3.8) is 0 Å². The van der Waals surface area contributed by atoms with Gasteiger partial charge in [-0.05, 0) is 43.4 Å². The summed E-state index contributed by atoms with van der Waals surface area (Å²) in [5, 5.41) is 14.0. The van der Waals surface area contributed by atoms with Gasteiger partial charge in [0.2, 0.25) is 5.91 Å². The van der Waals surface area contributed by atoms with Crippen LogP contribution in [0.25, 0.3) is 0 Å². The number of nitrogens with zero attached hydrogens (tertiary/aromatic N) is 2. The largest absolute Gasteiger partial charge is 0.349 e. The van der Waals surface area contributed by atoms with Crippen molar-refractivity contribution in [1.82, 2.24) is 10.2 Å². The Morgan fingerprint density at radius 2 is 1.48 bits per heavy atom. The number of carbonyl (C=O) groups excluding carboxylic acids is 3. The van der Waals surface area contributed by atoms with Crippen molar-refractivity contribution in [2.75, 3.05) is 0 Å². The summed E-state index contributed by atoms with van der Waals surface area (Å²) in [6, 6.07) is 11.1. The van der Waals surface area contributed by atoms with Gasteiger partial charge in [0.1, 0.15) is 6.04 Å². The summed E-state index contributed by atoms with van der Waals surface area (Å²) in [6.45, 7) is 10.0. The van der Waals surface area contributed by atoms with E-state index in [1.54, 1.807) is 24.3 Å². The maximum Gasteiger partial charge on any atom is 0.269 e. The Balaban J connectivity index is 1.94. The zero-order chi connectivity index (χ0) is 24.6. The molecule has 3 rings (SSSR count). The molecule has 0 fully saturated rings. The highest BCUT2D eigenvalue weighted by atomic mass is 16.6. The molecule has 1 aliphatic heterocycles. The van der Waals surface area contributed by atoms with Crippen molar-refractivity contribution >= 4 is 23.4 Å². The van der Waals surface area contributed by atoms with Crippen LogP contribution in [0.1, 0.15) is 67.3 Å². The average molecular weight is 452 g/mol. The van der Waals surface area contributed by atoms with E-state index in [4.69, 9.17) is 0 Å². The predicted molar refractivity (Wildman–Crippen MR) is 124 cm³/mol. The molecule has 1 N–H and O–H groups in total. The minimum atomic E-state index is -1.10. The van der Waals surface area contributed by atoms with E-state index >= 15 is 0 Å². The minimum absolute atomic E-state index is 0.0426. The molecule has 0 bridgehead atoms. The minimum Gasteiger partial charge on any atom is -0.349 e. The molecule has 2 aromatic rings. The fourth-order valence-corrected chi connectivity index (χ4v) is 4.56. The lowest BCUT2D eigenvalue weighted by molar-refractivity contribution is -0.384. The zero-order valence-corrected chi connectivity index (χ0v) is 19.5. The van der Waals surface area contributed by atoms with Gasteiger partial charge >= 0.3 is 0 Å². The number of fused-ring (bicyclic) bond motifs is 1. The lowest BCUT2D eigenvalue weighted by Crippen LogP contribution is -2.56. The molecule has 0 radical (unpaired) electrons. The summed E-state index contributed by atoms with van der Waals surface area (Å²) in [5.74, 6) is -1.49. The normalized spacial score (nSPS) is 14.8. The summed E-state index contributed by atoms with van der Waals surface area (Å²) in [7, 11) is 0. The maximum atomic E-state index is 13.5. The summed E-state index contributed by atoms with van der Waals surface area (Å²) < 4.78 is 0. The van der Waals surface area contributed by atoms with Crippen LogP contribution in [0.3, 0.4) is 0 Å². The van der Waals surface area contributed by atoms with Gasteiger partial charge in [0, 0.05) is 24.1 Å². The van der Waals surface area contributed by atoms with Crippen LogP contribution in [0.5, 0.6) is 0 Å². The summed E-state index contributed by atoms with van der Waals surface area (Å²) >= 11 is 0. The summed E-state index contributed by atoms with van der Waals surface area (Å²) in [5.41, 5.74) is 0.413. The molecule has 8 heteroatoms. The first-order valence-electron chi connectivity index (χ1n) is 10.8. The second-order valence-electron chi connectivity index (χ2n) is 10.3. The number of hydrogen-bond donors (Lipinski definition) is 1. The number of nitro benzene ring substituents is 1. The fraction of sp³-hybridized carbons (Fsp3) is 0.400. The van der Waals surface area contributed by atoms with Gasteiger partial charge < -0.3 is 5.32 Å². The van der Waals surface area contributed by atoms with E-state index in [2.05, 4.69) is 26.1 Å². The molecule has 0 unspecified atom stereocenters. The van der Waals surface area contributed by atoms with E-state index in [0.29, 0.717) is 12.0 Å². The van der Waals surface area contributed by atoms with Crippen molar-refractivity contribution in [2.24, 2.45) is 5.41 Å². The van der Waals surface area contributed by atoms with Gasteiger partial charge in [-0.3, -0.25) is 29.4 Å². The SMILES string of the molecule is CC(C)(C)CC(C)(C)NC(=O)[C@H](Cc1ccc([N+](=O)[O-])cc1)N1C(=O)c2ccccc2C1=O. The van der Waals surface area contributed by atoms with Crippen LogP contribution in [-0.2, 0) is 11.2 Å². The van der Waals surface area contributed by atoms with Gasteiger partial charge in [-0.25, -0.2) is 0 Å². The first kappa shape index (κ1) is 24.1. The van der Waals surface area contributed by atoms with Gasteiger partial charge in [0.25, 0.3) is 17.5 Å². The summed E-state index contributed by atoms with van der Waals surface area (Å²) in [4.78, 5) is 51.2. The third-order valence-corrected chi connectivity index (χ3v) is 5.45. The zero-order valence-electron chi connectivity index (χ0n) is 19.5. The lowest BCUT2D eigenvalue weighted by Gasteiger charge is -2.35. The van der Waals surface area contributed by atoms with E-state index < -0.39 is 34.2 Å². The number of nitro groups is 1. The molecule has 0 aromatic heterocycles. The third kappa shape index (κ3) is 5.45. The number of carbonyl (C=O) groups is 3. The van der Waals surface area contributed by atoms with Crippen molar-refractivity contribution in [1.29, 1.82) is 0 Å². The molecule has 174 valence electrons. The lowest BCUT2D eigenvalue weighted by atomic mass is 9.81. The average Bonchev–Trinajstić information content (AvgIpc) is 2.95. The van der Waals surface area contributed by atoms with Crippen LogP contribution < -0.4 is 5.32 Å². The van der Waals surface area contributed by atoms with Crippen molar-refractivity contribution in [3.05, 3.63) is 75.3 Å². The summed E-state index contributed by atoms with van der Waals surface area (Å²) in [6.07, 6.45) is 0.721. The smallest absolute Gasteiger partial charge is 0.269 e. The molecule has 0 saturated carbocycles. The van der Waals surface area contributed by atoms with Crippen molar-refractivity contribution in [2.45, 2.75) is 59.0 Å². The number of amides is 3. The molecule has 1 aliphatic rings. The monoisotopic (exact) mass is 451 g/mol. The molecule has 2 aromatic carbocycles.